The van der Waals surface area contributed by atoms with Crippen molar-refractivity contribution < 1.29 is 23.9 Å². The van der Waals surface area contributed by atoms with Gasteiger partial charge in [-0.05, 0) is 75.7 Å². The summed E-state index contributed by atoms with van der Waals surface area (Å²) in [6.07, 6.45) is 4.68. The van der Waals surface area contributed by atoms with E-state index in [0.29, 0.717) is 6.42 Å². The number of ether oxygens (including phenoxy) is 1. The molecule has 0 fully saturated rings. The van der Waals surface area contributed by atoms with Crippen molar-refractivity contribution in [2.45, 2.75) is 138 Å². The third-order valence-corrected chi connectivity index (χ3v) is 14.3. The Labute approximate surface area is 267 Å². The molecule has 0 aromatic carbocycles. The monoisotopic (exact) mass is 633 g/mol. The van der Waals surface area contributed by atoms with E-state index in [1.807, 2.05) is 53.0 Å². The Morgan fingerprint density at radius 3 is 2.26 bits per heavy atom. The van der Waals surface area contributed by atoms with E-state index in [0.717, 1.165) is 41.1 Å². The Bertz CT molecular complexity index is 1130. The van der Waals surface area contributed by atoms with Crippen molar-refractivity contribution in [1.29, 1.82) is 0 Å². The zero-order chi connectivity index (χ0) is 33.3. The third kappa shape index (κ3) is 11.9. The van der Waals surface area contributed by atoms with Crippen LogP contribution in [0.25, 0.3) is 6.08 Å². The van der Waals surface area contributed by atoms with Gasteiger partial charge < -0.3 is 14.3 Å². The molecule has 0 aliphatic heterocycles. The van der Waals surface area contributed by atoms with Crippen molar-refractivity contribution in [3.8, 4) is 0 Å². The Kier molecular flexibility index (Phi) is 15.0. The van der Waals surface area contributed by atoms with Crippen molar-refractivity contribution in [2.24, 2.45) is 17.3 Å². The average Bonchev–Trinajstić information content (AvgIpc) is 3.29. The number of aryl methyl sites for hydroxylation is 1. The molecule has 5 atom stereocenters. The fourth-order valence-corrected chi connectivity index (χ4v) is 6.89. The van der Waals surface area contributed by atoms with Gasteiger partial charge in [-0.1, -0.05) is 60.1 Å². The highest BCUT2D eigenvalue weighted by atomic mass is 32.1. The topological polar surface area (TPSA) is 85.7 Å². The summed E-state index contributed by atoms with van der Waals surface area (Å²) in [5.41, 5.74) is 1.78. The van der Waals surface area contributed by atoms with E-state index in [1.165, 1.54) is 0 Å². The first-order valence-corrected chi connectivity index (χ1v) is 19.4. The number of Topliss-reactive ketones (excluding diaryl/α,β-unsaturated/α-hetero) is 1. The number of carbonyl (C=O) groups excluding carboxylic acids is 2. The molecule has 0 unspecified atom stereocenters. The molecule has 0 aliphatic rings. The van der Waals surface area contributed by atoms with Crippen molar-refractivity contribution in [2.75, 3.05) is 0 Å². The number of ketones is 1. The zero-order valence-electron chi connectivity index (χ0n) is 29.0. The number of carbonyl (C=O) groups is 2. The van der Waals surface area contributed by atoms with Crippen LogP contribution in [-0.4, -0.2) is 48.5 Å². The predicted octanol–water partition coefficient (Wildman–Crippen LogP) is 9.10. The summed E-state index contributed by atoms with van der Waals surface area (Å²) in [6, 6.07) is 0. The number of aromatic nitrogens is 1. The average molecular weight is 634 g/mol. The predicted molar refractivity (Wildman–Crippen MR) is 184 cm³/mol. The highest BCUT2D eigenvalue weighted by molar-refractivity contribution is 7.09. The lowest BCUT2D eigenvalue weighted by Crippen LogP contribution is -2.52. The van der Waals surface area contributed by atoms with Gasteiger partial charge in [0.25, 0.3) is 0 Å². The van der Waals surface area contributed by atoms with Crippen molar-refractivity contribution in [3.63, 3.8) is 0 Å². The normalized spacial score (nSPS) is 16.6. The van der Waals surface area contributed by atoms with Crippen LogP contribution in [0.4, 0.5) is 0 Å². The Morgan fingerprint density at radius 1 is 1.16 bits per heavy atom. The lowest BCUT2D eigenvalue weighted by atomic mass is 9.73. The number of rotatable bonds is 18. The molecule has 43 heavy (non-hydrogen) atoms. The van der Waals surface area contributed by atoms with Crippen molar-refractivity contribution in [1.82, 2.24) is 4.98 Å². The molecule has 1 rings (SSSR count). The first-order valence-electron chi connectivity index (χ1n) is 15.6. The molecule has 8 heteroatoms. The van der Waals surface area contributed by atoms with Gasteiger partial charge in [-0.25, -0.2) is 4.98 Å². The molecule has 0 radical (unpaired) electrons. The standard InChI is InChI=1S/C35H59NO5SSi/c1-15-17-29(25(5)20-28-22-42-27(7)36-28)40-31(37)21-30(41-43(13,14)34(8,9)10)35(11,12)33(39)26(6)32(38)24(4)19-16-18-23(2)3/h15,20,22,24,26,29-30,32,38H,1-2,16-19,21H2,3-14H3/b25-20+/t24-,26+,29-,30-,32-/m0/s1. The van der Waals surface area contributed by atoms with Gasteiger partial charge in [0.15, 0.2) is 8.32 Å². The molecule has 1 aromatic heterocycles. The fourth-order valence-electron chi connectivity index (χ4n) is 4.88. The second-order valence-corrected chi connectivity index (χ2v) is 20.3. The van der Waals surface area contributed by atoms with E-state index >= 15 is 0 Å². The van der Waals surface area contributed by atoms with Crippen LogP contribution in [0.3, 0.4) is 0 Å². The minimum Gasteiger partial charge on any atom is -0.457 e. The molecule has 0 amide bonds. The largest absolute Gasteiger partial charge is 0.457 e. The summed E-state index contributed by atoms with van der Waals surface area (Å²) in [6.45, 7) is 31.8. The molecular formula is C35H59NO5SSi. The van der Waals surface area contributed by atoms with Crippen molar-refractivity contribution in [3.05, 3.63) is 46.5 Å². The highest BCUT2D eigenvalue weighted by Crippen LogP contribution is 2.42. The van der Waals surface area contributed by atoms with Crippen LogP contribution in [0.1, 0.15) is 105 Å². The van der Waals surface area contributed by atoms with Crippen molar-refractivity contribution >= 4 is 37.5 Å². The van der Waals surface area contributed by atoms with Gasteiger partial charge in [0.05, 0.1) is 29.3 Å². The summed E-state index contributed by atoms with van der Waals surface area (Å²) in [7, 11) is -2.39. The van der Waals surface area contributed by atoms with Gasteiger partial charge in [-0.15, -0.1) is 24.5 Å². The van der Waals surface area contributed by atoms with Gasteiger partial charge in [-0.2, -0.15) is 0 Å². The Morgan fingerprint density at radius 2 is 1.77 bits per heavy atom. The quantitative estimate of drug-likeness (QED) is 0.0986. The number of hydrogen-bond donors (Lipinski definition) is 1. The Hall–Kier alpha value is -1.87. The molecule has 0 saturated carbocycles. The second kappa shape index (κ2) is 16.4. The number of aliphatic hydroxyl groups excluding tert-OH is 1. The van der Waals surface area contributed by atoms with Gasteiger partial charge in [0.2, 0.25) is 0 Å². The SMILES string of the molecule is C=CC[C@H](OC(=O)C[C@H](O[Si](C)(C)C(C)(C)C)C(C)(C)C(=O)[C@H](C)[C@@H](O)[C@@H](C)CCCC(=C)C)/C(C)=C/c1csc(C)n1. The number of hydrogen-bond acceptors (Lipinski definition) is 7. The second-order valence-electron chi connectivity index (χ2n) is 14.4. The van der Waals surface area contributed by atoms with E-state index in [1.54, 1.807) is 24.3 Å². The maximum absolute atomic E-state index is 14.1. The first-order chi connectivity index (χ1) is 19.6. The smallest absolute Gasteiger partial charge is 0.309 e. The lowest BCUT2D eigenvalue weighted by Gasteiger charge is -2.44. The number of esters is 1. The molecule has 0 spiro atoms. The minimum absolute atomic E-state index is 0.0465. The maximum atomic E-state index is 14.1. The number of aliphatic hydroxyl groups is 1. The molecule has 0 aliphatic carbocycles. The summed E-state index contributed by atoms with van der Waals surface area (Å²) >= 11 is 1.57. The third-order valence-electron chi connectivity index (χ3n) is 8.98. The van der Waals surface area contributed by atoms with Crippen LogP contribution in [0, 0.1) is 24.2 Å². The molecule has 6 nitrogen and oxygen atoms in total. The molecule has 1 N–H and O–H groups in total. The Balaban J connectivity index is 3.27. The number of thiazole rings is 1. The van der Waals surface area contributed by atoms with E-state index in [2.05, 4.69) is 52.0 Å². The summed E-state index contributed by atoms with van der Waals surface area (Å²) in [5, 5.41) is 14.0. The summed E-state index contributed by atoms with van der Waals surface area (Å²) in [5.74, 6) is -1.20. The van der Waals surface area contributed by atoms with Gasteiger partial charge >= 0.3 is 5.97 Å². The summed E-state index contributed by atoms with van der Waals surface area (Å²) < 4.78 is 12.8. The minimum atomic E-state index is -2.39. The molecule has 1 aromatic rings. The highest BCUT2D eigenvalue weighted by Gasteiger charge is 2.48. The zero-order valence-corrected chi connectivity index (χ0v) is 30.8. The van der Waals surface area contributed by atoms with Crippen LogP contribution in [-0.2, 0) is 18.8 Å². The summed E-state index contributed by atoms with van der Waals surface area (Å²) in [4.78, 5) is 32.1. The molecule has 0 bridgehead atoms. The van der Waals surface area contributed by atoms with Crippen LogP contribution in [0.2, 0.25) is 18.1 Å². The molecule has 1 heterocycles. The van der Waals surface area contributed by atoms with E-state index in [-0.39, 0.29) is 23.2 Å². The molecular weight excluding hydrogens is 575 g/mol. The van der Waals surface area contributed by atoms with Crippen LogP contribution < -0.4 is 0 Å². The van der Waals surface area contributed by atoms with Gasteiger partial charge in [0.1, 0.15) is 11.9 Å². The van der Waals surface area contributed by atoms with Gasteiger partial charge in [0, 0.05) is 23.1 Å². The van der Waals surface area contributed by atoms with Crippen LogP contribution in [0.5, 0.6) is 0 Å². The number of nitrogens with zero attached hydrogens (tertiary/aromatic N) is 1. The molecule has 244 valence electrons. The lowest BCUT2D eigenvalue weighted by molar-refractivity contribution is -0.153. The van der Waals surface area contributed by atoms with E-state index in [9.17, 15) is 14.7 Å². The first kappa shape index (κ1) is 39.2. The van der Waals surface area contributed by atoms with E-state index < -0.39 is 43.9 Å². The van der Waals surface area contributed by atoms with E-state index in [4.69, 9.17) is 9.16 Å². The van der Waals surface area contributed by atoms with Crippen LogP contribution in [0.15, 0.2) is 35.8 Å². The molecule has 0 saturated heterocycles. The number of allylic oxidation sites excluding steroid dienone is 1. The fraction of sp³-hybridized carbons (Fsp3) is 0.686. The van der Waals surface area contributed by atoms with Crippen LogP contribution >= 0.6 is 11.3 Å². The maximum Gasteiger partial charge on any atom is 0.309 e. The van der Waals surface area contributed by atoms with Gasteiger partial charge in [-0.3, -0.25) is 9.59 Å².